The average Bonchev–Trinajstić information content (AvgIpc) is 3.28. The van der Waals surface area contributed by atoms with Crippen molar-refractivity contribution in [2.24, 2.45) is 11.8 Å². The van der Waals surface area contributed by atoms with Gasteiger partial charge in [0.15, 0.2) is 5.13 Å². The number of nitrogens with zero attached hydrogens (tertiary/aromatic N) is 3. The van der Waals surface area contributed by atoms with Crippen LogP contribution in [-0.4, -0.2) is 42.0 Å². The summed E-state index contributed by atoms with van der Waals surface area (Å²) in [5.74, 6) is 1.14. The van der Waals surface area contributed by atoms with E-state index in [0.29, 0.717) is 11.8 Å². The molecule has 2 aliphatic rings. The summed E-state index contributed by atoms with van der Waals surface area (Å²) in [5.41, 5.74) is 4.00. The molecule has 2 saturated heterocycles. The van der Waals surface area contributed by atoms with Crippen LogP contribution in [0.15, 0.2) is 78.9 Å². The highest BCUT2D eigenvalue weighted by molar-refractivity contribution is 7.22. The lowest BCUT2D eigenvalue weighted by Gasteiger charge is -2.45. The molecule has 2 aliphatic heterocycles. The van der Waals surface area contributed by atoms with Crippen molar-refractivity contribution >= 4 is 32.6 Å². The van der Waals surface area contributed by atoms with Crippen LogP contribution in [0.3, 0.4) is 0 Å². The molecule has 160 valence electrons. The van der Waals surface area contributed by atoms with E-state index >= 15 is 0 Å². The Balaban J connectivity index is 1.22. The van der Waals surface area contributed by atoms with Gasteiger partial charge < -0.3 is 9.80 Å². The molecule has 1 aromatic heterocycles. The number of likely N-dealkylation sites (tertiary alicyclic amines) is 1. The molecule has 2 fully saturated rings. The Labute approximate surface area is 192 Å². The van der Waals surface area contributed by atoms with Crippen molar-refractivity contribution in [1.82, 2.24) is 9.88 Å². The molecule has 0 aliphatic carbocycles. The summed E-state index contributed by atoms with van der Waals surface area (Å²) in [4.78, 5) is 23.0. The van der Waals surface area contributed by atoms with E-state index in [9.17, 15) is 4.79 Å². The zero-order chi connectivity index (χ0) is 21.5. The summed E-state index contributed by atoms with van der Waals surface area (Å²) < 4.78 is 1.24. The summed E-state index contributed by atoms with van der Waals surface area (Å²) in [5, 5.41) is 1.12. The summed E-state index contributed by atoms with van der Waals surface area (Å²) in [6.45, 7) is 3.58. The fourth-order valence-electron chi connectivity index (χ4n) is 5.31. The molecular weight excluding hydrogens is 414 g/mol. The summed E-state index contributed by atoms with van der Waals surface area (Å²) in [6.07, 6.45) is 1.20. The van der Waals surface area contributed by atoms with E-state index in [4.69, 9.17) is 4.98 Å². The number of carbonyl (C=O) groups excluding carboxylic acids is 1. The first-order valence-corrected chi connectivity index (χ1v) is 12.1. The Bertz CT molecular complexity index is 1220. The minimum atomic E-state index is 0.160. The van der Waals surface area contributed by atoms with Crippen molar-refractivity contribution < 1.29 is 4.79 Å². The van der Waals surface area contributed by atoms with E-state index in [0.717, 1.165) is 53.5 Å². The van der Waals surface area contributed by atoms with E-state index in [1.165, 1.54) is 11.1 Å². The molecule has 6 rings (SSSR count). The van der Waals surface area contributed by atoms with Crippen LogP contribution in [0.5, 0.6) is 0 Å². The molecule has 2 atom stereocenters. The number of para-hydroxylation sites is 1. The van der Waals surface area contributed by atoms with Crippen molar-refractivity contribution in [3.63, 3.8) is 0 Å². The van der Waals surface area contributed by atoms with Crippen LogP contribution >= 0.6 is 11.3 Å². The molecule has 4 aromatic rings. The monoisotopic (exact) mass is 439 g/mol. The second kappa shape index (κ2) is 8.06. The van der Waals surface area contributed by atoms with Crippen molar-refractivity contribution in [2.75, 3.05) is 31.1 Å². The summed E-state index contributed by atoms with van der Waals surface area (Å²) in [7, 11) is 0. The molecule has 0 radical (unpaired) electrons. The van der Waals surface area contributed by atoms with Crippen molar-refractivity contribution in [1.29, 1.82) is 0 Å². The van der Waals surface area contributed by atoms with Crippen LogP contribution in [0.1, 0.15) is 16.8 Å². The zero-order valence-electron chi connectivity index (χ0n) is 17.9. The fourth-order valence-corrected chi connectivity index (χ4v) is 6.29. The largest absolute Gasteiger partial charge is 0.347 e. The normalized spacial score (nSPS) is 20.5. The molecule has 2 bridgehead atoms. The van der Waals surface area contributed by atoms with E-state index in [1.54, 1.807) is 11.3 Å². The number of carbonyl (C=O) groups is 1. The Morgan fingerprint density at radius 3 is 2.28 bits per heavy atom. The van der Waals surface area contributed by atoms with Gasteiger partial charge in [-0.3, -0.25) is 4.79 Å². The van der Waals surface area contributed by atoms with Crippen LogP contribution in [-0.2, 0) is 0 Å². The first-order chi connectivity index (χ1) is 15.7. The van der Waals surface area contributed by atoms with E-state index in [2.05, 4.69) is 46.2 Å². The first-order valence-electron chi connectivity index (χ1n) is 11.3. The molecule has 32 heavy (non-hydrogen) atoms. The number of piperidine rings is 2. The highest BCUT2D eigenvalue weighted by Gasteiger charge is 2.37. The van der Waals surface area contributed by atoms with Gasteiger partial charge in [0.25, 0.3) is 5.91 Å². The molecule has 0 spiro atoms. The lowest BCUT2D eigenvalue weighted by Crippen LogP contribution is -2.54. The second-order valence-electron chi connectivity index (χ2n) is 8.96. The van der Waals surface area contributed by atoms with Crippen LogP contribution < -0.4 is 4.90 Å². The SMILES string of the molecule is O=C(c1ccccc1-c1ccccc1)N1CC2CC(C1)CN(c1nc3ccccc3s1)C2. The van der Waals surface area contributed by atoms with E-state index < -0.39 is 0 Å². The standard InChI is InChI=1S/C27H25N3OS/c31-26(23-11-5-4-10-22(23)21-8-2-1-3-9-21)29-15-19-14-20(16-29)18-30(17-19)27-28-24-12-6-7-13-25(24)32-27/h1-13,19-20H,14-18H2. The second-order valence-corrected chi connectivity index (χ2v) is 9.97. The fraction of sp³-hybridized carbons (Fsp3) is 0.259. The van der Waals surface area contributed by atoms with Gasteiger partial charge in [-0.05, 0) is 47.6 Å². The number of thiazole rings is 1. The van der Waals surface area contributed by atoms with Gasteiger partial charge in [-0.2, -0.15) is 0 Å². The molecule has 4 nitrogen and oxygen atoms in total. The smallest absolute Gasteiger partial charge is 0.254 e. The topological polar surface area (TPSA) is 36.4 Å². The lowest BCUT2D eigenvalue weighted by molar-refractivity contribution is 0.0565. The molecule has 3 aromatic carbocycles. The minimum absolute atomic E-state index is 0.160. The number of hydrogen-bond acceptors (Lipinski definition) is 4. The van der Waals surface area contributed by atoms with Crippen LogP contribution in [0, 0.1) is 11.8 Å². The number of fused-ring (bicyclic) bond motifs is 3. The third-order valence-electron chi connectivity index (χ3n) is 6.66. The number of rotatable bonds is 3. The van der Waals surface area contributed by atoms with Gasteiger partial charge in [0.05, 0.1) is 10.2 Å². The lowest BCUT2D eigenvalue weighted by atomic mass is 9.84. The maximum atomic E-state index is 13.6. The highest BCUT2D eigenvalue weighted by Crippen LogP contribution is 2.36. The first kappa shape index (κ1) is 19.5. The number of benzene rings is 3. The van der Waals surface area contributed by atoms with Crippen LogP contribution in [0.25, 0.3) is 21.3 Å². The predicted molar refractivity (Wildman–Crippen MR) is 131 cm³/mol. The minimum Gasteiger partial charge on any atom is -0.347 e. The third-order valence-corrected chi connectivity index (χ3v) is 7.76. The van der Waals surface area contributed by atoms with E-state index in [-0.39, 0.29) is 5.91 Å². The van der Waals surface area contributed by atoms with Gasteiger partial charge in [-0.1, -0.05) is 72.0 Å². The number of amides is 1. The van der Waals surface area contributed by atoms with Crippen molar-refractivity contribution in [3.8, 4) is 11.1 Å². The van der Waals surface area contributed by atoms with Gasteiger partial charge in [0.1, 0.15) is 0 Å². The highest BCUT2D eigenvalue weighted by atomic mass is 32.1. The molecule has 5 heteroatoms. The zero-order valence-corrected chi connectivity index (χ0v) is 18.7. The van der Waals surface area contributed by atoms with Gasteiger partial charge in [-0.25, -0.2) is 4.98 Å². The Morgan fingerprint density at radius 1 is 0.812 bits per heavy atom. The van der Waals surface area contributed by atoms with Crippen molar-refractivity contribution in [3.05, 3.63) is 84.4 Å². The molecular formula is C27H25N3OS. The molecule has 0 saturated carbocycles. The summed E-state index contributed by atoms with van der Waals surface area (Å²) in [6, 6.07) is 26.6. The van der Waals surface area contributed by atoms with Gasteiger partial charge >= 0.3 is 0 Å². The van der Waals surface area contributed by atoms with E-state index in [1.807, 2.05) is 42.5 Å². The predicted octanol–water partition coefficient (Wildman–Crippen LogP) is 5.56. The van der Waals surface area contributed by atoms with Gasteiger partial charge in [0.2, 0.25) is 0 Å². The number of hydrogen-bond donors (Lipinski definition) is 0. The molecule has 1 amide bonds. The van der Waals surface area contributed by atoms with Gasteiger partial charge in [0, 0.05) is 31.7 Å². The Kier molecular flexibility index (Phi) is 4.91. The van der Waals surface area contributed by atoms with Gasteiger partial charge in [-0.15, -0.1) is 0 Å². The third kappa shape index (κ3) is 3.56. The van der Waals surface area contributed by atoms with Crippen LogP contribution in [0.4, 0.5) is 5.13 Å². The maximum absolute atomic E-state index is 13.6. The van der Waals surface area contributed by atoms with Crippen molar-refractivity contribution in [2.45, 2.75) is 6.42 Å². The summed E-state index contributed by atoms with van der Waals surface area (Å²) >= 11 is 1.78. The Morgan fingerprint density at radius 2 is 1.50 bits per heavy atom. The maximum Gasteiger partial charge on any atom is 0.254 e. The molecule has 0 N–H and O–H groups in total. The number of anilines is 1. The average molecular weight is 440 g/mol. The molecule has 2 unspecified atom stereocenters. The molecule has 3 heterocycles. The number of aromatic nitrogens is 1. The Hall–Kier alpha value is -3.18. The quantitative estimate of drug-likeness (QED) is 0.419. The van der Waals surface area contributed by atoms with Crippen LogP contribution in [0.2, 0.25) is 0 Å².